The Balaban J connectivity index is 1.47. The van der Waals surface area contributed by atoms with Crippen molar-refractivity contribution in [3.8, 4) is 17.1 Å². The second-order valence-corrected chi connectivity index (χ2v) is 7.83. The average Bonchev–Trinajstić information content (AvgIpc) is 3.11. The number of nitrogens with zero attached hydrogens (tertiary/aromatic N) is 1. The molecule has 0 fully saturated rings. The minimum absolute atomic E-state index is 0.0935. The maximum Gasteiger partial charge on any atom is 0.255 e. The van der Waals surface area contributed by atoms with E-state index in [1.807, 2.05) is 57.2 Å². The number of amides is 1. The number of hydrogen-bond acceptors (Lipinski definition) is 3. The summed E-state index contributed by atoms with van der Waals surface area (Å²) in [6, 6.07) is 18.5. The van der Waals surface area contributed by atoms with Gasteiger partial charge in [0.2, 0.25) is 0 Å². The molecular weight excluding hydrogens is 398 g/mol. The van der Waals surface area contributed by atoms with Crippen LogP contribution in [0.5, 0.6) is 5.75 Å². The van der Waals surface area contributed by atoms with Gasteiger partial charge in [0.15, 0.2) is 0 Å². The molecule has 0 saturated heterocycles. The Kier molecular flexibility index (Phi) is 5.46. The first-order valence-electron chi connectivity index (χ1n) is 9.73. The lowest BCUT2D eigenvalue weighted by atomic mass is 10.1. The largest absolute Gasteiger partial charge is 0.491 e. The highest BCUT2D eigenvalue weighted by Crippen LogP contribution is 2.26. The Bertz CT molecular complexity index is 1160. The summed E-state index contributed by atoms with van der Waals surface area (Å²) in [6.07, 6.45) is 0.0935. The molecule has 4 aromatic rings. The number of nitrogens with one attached hydrogen (secondary N) is 2. The number of H-pyrrole nitrogens is 1. The van der Waals surface area contributed by atoms with Crippen molar-refractivity contribution < 1.29 is 9.53 Å². The van der Waals surface area contributed by atoms with Crippen molar-refractivity contribution in [1.82, 2.24) is 9.97 Å². The van der Waals surface area contributed by atoms with Gasteiger partial charge in [-0.1, -0.05) is 11.6 Å². The van der Waals surface area contributed by atoms with Gasteiger partial charge in [-0.05, 0) is 87.0 Å². The van der Waals surface area contributed by atoms with E-state index in [9.17, 15) is 4.79 Å². The van der Waals surface area contributed by atoms with Crippen LogP contribution in [-0.4, -0.2) is 22.0 Å². The second kappa shape index (κ2) is 8.20. The predicted molar refractivity (Wildman–Crippen MR) is 121 cm³/mol. The first-order chi connectivity index (χ1) is 14.4. The smallest absolute Gasteiger partial charge is 0.255 e. The molecule has 0 radical (unpaired) electrons. The van der Waals surface area contributed by atoms with E-state index in [0.717, 1.165) is 33.7 Å². The van der Waals surface area contributed by atoms with Crippen molar-refractivity contribution in [2.75, 3.05) is 5.32 Å². The standard InChI is InChI=1S/C24H22ClN3O2/c1-14(2)30-19-10-6-17(7-11-19)24(29)26-18-8-4-16(5-9-18)23-27-21-12-15(3)20(25)13-22(21)28-23/h4-14H,1-3H3,(H,26,29)(H,27,28). The van der Waals surface area contributed by atoms with E-state index in [4.69, 9.17) is 16.3 Å². The molecule has 6 heteroatoms. The van der Waals surface area contributed by atoms with E-state index in [1.54, 1.807) is 24.3 Å². The molecule has 0 saturated carbocycles. The molecule has 5 nitrogen and oxygen atoms in total. The molecule has 0 aliphatic carbocycles. The number of imidazole rings is 1. The van der Waals surface area contributed by atoms with Crippen LogP contribution in [0.2, 0.25) is 5.02 Å². The summed E-state index contributed by atoms with van der Waals surface area (Å²) >= 11 is 6.19. The summed E-state index contributed by atoms with van der Waals surface area (Å²) in [5, 5.41) is 3.61. The van der Waals surface area contributed by atoms with E-state index in [-0.39, 0.29) is 12.0 Å². The molecule has 2 N–H and O–H groups in total. The summed E-state index contributed by atoms with van der Waals surface area (Å²) in [5.41, 5.74) is 4.97. The molecule has 0 aliphatic heterocycles. The maximum absolute atomic E-state index is 12.5. The number of benzene rings is 3. The Morgan fingerprint density at radius 3 is 2.43 bits per heavy atom. The van der Waals surface area contributed by atoms with Crippen molar-refractivity contribution >= 4 is 34.2 Å². The number of ether oxygens (including phenoxy) is 1. The fraction of sp³-hybridized carbons (Fsp3) is 0.167. The molecular formula is C24H22ClN3O2. The Morgan fingerprint density at radius 2 is 1.77 bits per heavy atom. The molecule has 0 bridgehead atoms. The fourth-order valence-corrected chi connectivity index (χ4v) is 3.31. The molecule has 0 atom stereocenters. The lowest BCUT2D eigenvalue weighted by molar-refractivity contribution is 0.102. The summed E-state index contributed by atoms with van der Waals surface area (Å²) in [5.74, 6) is 1.33. The molecule has 0 aliphatic rings. The number of halogens is 1. The number of aromatic amines is 1. The molecule has 3 aromatic carbocycles. The van der Waals surface area contributed by atoms with Gasteiger partial charge in [-0.2, -0.15) is 0 Å². The molecule has 1 heterocycles. The SMILES string of the molecule is Cc1cc2[nH]c(-c3ccc(NC(=O)c4ccc(OC(C)C)cc4)cc3)nc2cc1Cl. The van der Waals surface area contributed by atoms with Crippen LogP contribution in [0.25, 0.3) is 22.4 Å². The number of hydrogen-bond donors (Lipinski definition) is 2. The van der Waals surface area contributed by atoms with E-state index in [2.05, 4.69) is 15.3 Å². The Morgan fingerprint density at radius 1 is 1.07 bits per heavy atom. The first kappa shape index (κ1) is 20.0. The summed E-state index contributed by atoms with van der Waals surface area (Å²) < 4.78 is 5.61. The molecule has 0 spiro atoms. The van der Waals surface area contributed by atoms with Crippen molar-refractivity contribution in [3.63, 3.8) is 0 Å². The number of aromatic nitrogens is 2. The third-order valence-corrected chi connectivity index (χ3v) is 5.07. The number of rotatable bonds is 5. The molecule has 0 unspecified atom stereocenters. The molecule has 30 heavy (non-hydrogen) atoms. The first-order valence-corrected chi connectivity index (χ1v) is 10.1. The molecule has 1 aromatic heterocycles. The van der Waals surface area contributed by atoms with Gasteiger partial charge in [-0.3, -0.25) is 4.79 Å². The highest BCUT2D eigenvalue weighted by molar-refractivity contribution is 6.32. The van der Waals surface area contributed by atoms with E-state index in [1.165, 1.54) is 0 Å². The minimum Gasteiger partial charge on any atom is -0.491 e. The highest BCUT2D eigenvalue weighted by atomic mass is 35.5. The third-order valence-electron chi connectivity index (χ3n) is 4.67. The number of aryl methyl sites for hydroxylation is 1. The van der Waals surface area contributed by atoms with Crippen molar-refractivity contribution in [2.24, 2.45) is 0 Å². The zero-order valence-corrected chi connectivity index (χ0v) is 17.7. The quantitative estimate of drug-likeness (QED) is 0.403. The van der Waals surface area contributed by atoms with Gasteiger partial charge < -0.3 is 15.0 Å². The van der Waals surface area contributed by atoms with Crippen LogP contribution in [0, 0.1) is 6.92 Å². The number of carbonyl (C=O) groups is 1. The third kappa shape index (κ3) is 4.31. The van der Waals surface area contributed by atoms with Gasteiger partial charge in [-0.25, -0.2) is 4.98 Å². The number of fused-ring (bicyclic) bond motifs is 1. The predicted octanol–water partition coefficient (Wildman–Crippen LogP) is 6.23. The number of anilines is 1. The lowest BCUT2D eigenvalue weighted by Crippen LogP contribution is -2.12. The van der Waals surface area contributed by atoms with Gasteiger partial charge in [0.25, 0.3) is 5.91 Å². The monoisotopic (exact) mass is 419 g/mol. The van der Waals surface area contributed by atoms with E-state index >= 15 is 0 Å². The second-order valence-electron chi connectivity index (χ2n) is 7.43. The van der Waals surface area contributed by atoms with E-state index in [0.29, 0.717) is 16.3 Å². The summed E-state index contributed by atoms with van der Waals surface area (Å²) in [6.45, 7) is 5.89. The summed E-state index contributed by atoms with van der Waals surface area (Å²) in [7, 11) is 0. The van der Waals surface area contributed by atoms with Crippen LogP contribution in [0.4, 0.5) is 5.69 Å². The van der Waals surface area contributed by atoms with Crippen LogP contribution in [0.1, 0.15) is 29.8 Å². The molecule has 1 amide bonds. The zero-order chi connectivity index (χ0) is 21.3. The molecule has 152 valence electrons. The van der Waals surface area contributed by atoms with Crippen LogP contribution in [-0.2, 0) is 0 Å². The Labute approximate surface area is 180 Å². The van der Waals surface area contributed by atoms with Gasteiger partial charge in [-0.15, -0.1) is 0 Å². The zero-order valence-electron chi connectivity index (χ0n) is 17.0. The average molecular weight is 420 g/mol. The van der Waals surface area contributed by atoms with Crippen molar-refractivity contribution in [1.29, 1.82) is 0 Å². The Hall–Kier alpha value is -3.31. The summed E-state index contributed by atoms with van der Waals surface area (Å²) in [4.78, 5) is 20.4. The van der Waals surface area contributed by atoms with Crippen molar-refractivity contribution in [2.45, 2.75) is 26.9 Å². The van der Waals surface area contributed by atoms with Gasteiger partial charge in [0, 0.05) is 21.8 Å². The van der Waals surface area contributed by atoms with Crippen LogP contribution in [0.3, 0.4) is 0 Å². The van der Waals surface area contributed by atoms with Gasteiger partial charge in [0.05, 0.1) is 17.1 Å². The van der Waals surface area contributed by atoms with Crippen LogP contribution in [0.15, 0.2) is 60.7 Å². The lowest BCUT2D eigenvalue weighted by Gasteiger charge is -2.10. The number of carbonyl (C=O) groups excluding carboxylic acids is 1. The van der Waals surface area contributed by atoms with Gasteiger partial charge >= 0.3 is 0 Å². The minimum atomic E-state index is -0.173. The van der Waals surface area contributed by atoms with Crippen LogP contribution >= 0.6 is 11.6 Å². The molecule has 4 rings (SSSR count). The van der Waals surface area contributed by atoms with Crippen LogP contribution < -0.4 is 10.1 Å². The maximum atomic E-state index is 12.5. The highest BCUT2D eigenvalue weighted by Gasteiger charge is 2.10. The fourth-order valence-electron chi connectivity index (χ4n) is 3.15. The van der Waals surface area contributed by atoms with E-state index < -0.39 is 0 Å². The van der Waals surface area contributed by atoms with Crippen molar-refractivity contribution in [3.05, 3.63) is 76.8 Å². The topological polar surface area (TPSA) is 67.0 Å². The van der Waals surface area contributed by atoms with Gasteiger partial charge in [0.1, 0.15) is 11.6 Å². The normalized spacial score (nSPS) is 11.1.